The number of benzene rings is 2. The van der Waals surface area contributed by atoms with Crippen LogP contribution in [0.5, 0.6) is 5.75 Å². The minimum absolute atomic E-state index is 0.668. The second-order valence-electron chi connectivity index (χ2n) is 4.68. The Bertz CT molecular complexity index is 503. The summed E-state index contributed by atoms with van der Waals surface area (Å²) in [5.41, 5.74) is 0. The normalized spacial score (nSPS) is 19.6. The van der Waals surface area contributed by atoms with Gasteiger partial charge in [0.2, 0.25) is 0 Å². The van der Waals surface area contributed by atoms with E-state index in [1.54, 1.807) is 0 Å². The Labute approximate surface area is 102 Å². The zero-order chi connectivity index (χ0) is 11.5. The molecule has 1 aliphatic heterocycles. The van der Waals surface area contributed by atoms with Crippen molar-refractivity contribution in [2.24, 2.45) is 5.92 Å². The number of hydrogen-bond donors (Lipinski definition) is 1. The molecular weight excluding hydrogens is 210 g/mol. The molecule has 1 heterocycles. The van der Waals surface area contributed by atoms with E-state index >= 15 is 0 Å². The molecule has 88 valence electrons. The van der Waals surface area contributed by atoms with Crippen LogP contribution < -0.4 is 10.1 Å². The molecule has 2 nitrogen and oxygen atoms in total. The molecule has 0 spiro atoms. The predicted molar refractivity (Wildman–Crippen MR) is 70.4 cm³/mol. The Kier molecular flexibility index (Phi) is 2.97. The van der Waals surface area contributed by atoms with Crippen LogP contribution in [0.15, 0.2) is 42.5 Å². The Morgan fingerprint density at radius 3 is 2.82 bits per heavy atom. The van der Waals surface area contributed by atoms with Crippen molar-refractivity contribution in [3.8, 4) is 5.75 Å². The highest BCUT2D eigenvalue weighted by molar-refractivity contribution is 5.83. The molecule has 0 aromatic heterocycles. The van der Waals surface area contributed by atoms with Crippen LogP contribution in [0, 0.1) is 5.92 Å². The van der Waals surface area contributed by atoms with E-state index < -0.39 is 0 Å². The van der Waals surface area contributed by atoms with E-state index in [1.165, 1.54) is 17.2 Å². The lowest BCUT2D eigenvalue weighted by Gasteiger charge is -2.11. The summed E-state index contributed by atoms with van der Waals surface area (Å²) < 4.78 is 5.86. The van der Waals surface area contributed by atoms with Crippen LogP contribution in [0.4, 0.5) is 0 Å². The largest absolute Gasteiger partial charge is 0.493 e. The quantitative estimate of drug-likeness (QED) is 0.870. The van der Waals surface area contributed by atoms with Crippen molar-refractivity contribution in [2.75, 3.05) is 19.7 Å². The summed E-state index contributed by atoms with van der Waals surface area (Å²) in [5.74, 6) is 1.65. The minimum Gasteiger partial charge on any atom is -0.493 e. The average molecular weight is 227 g/mol. The number of hydrogen-bond acceptors (Lipinski definition) is 2. The summed E-state index contributed by atoms with van der Waals surface area (Å²) in [6.45, 7) is 3.05. The fraction of sp³-hybridized carbons (Fsp3) is 0.333. The first-order valence-corrected chi connectivity index (χ1v) is 6.24. The third-order valence-corrected chi connectivity index (χ3v) is 3.37. The van der Waals surface area contributed by atoms with Crippen molar-refractivity contribution in [1.29, 1.82) is 0 Å². The van der Waals surface area contributed by atoms with Gasteiger partial charge in [-0.3, -0.25) is 0 Å². The van der Waals surface area contributed by atoms with Gasteiger partial charge in [0.15, 0.2) is 0 Å². The van der Waals surface area contributed by atoms with Crippen molar-refractivity contribution in [3.05, 3.63) is 42.5 Å². The van der Waals surface area contributed by atoms with Crippen LogP contribution >= 0.6 is 0 Å². The maximum Gasteiger partial charge on any atom is 0.119 e. The summed E-state index contributed by atoms with van der Waals surface area (Å²) >= 11 is 0. The van der Waals surface area contributed by atoms with E-state index in [2.05, 4.69) is 47.8 Å². The molecule has 0 aliphatic carbocycles. The molecule has 1 fully saturated rings. The monoisotopic (exact) mass is 227 g/mol. The van der Waals surface area contributed by atoms with Crippen LogP contribution in [-0.2, 0) is 0 Å². The lowest BCUT2D eigenvalue weighted by Crippen LogP contribution is -2.15. The minimum atomic E-state index is 0.668. The average Bonchev–Trinajstić information content (AvgIpc) is 2.89. The summed E-state index contributed by atoms with van der Waals surface area (Å²) in [6.07, 6.45) is 1.23. The summed E-state index contributed by atoms with van der Waals surface area (Å²) in [7, 11) is 0. The van der Waals surface area contributed by atoms with Crippen LogP contribution in [0.3, 0.4) is 0 Å². The van der Waals surface area contributed by atoms with E-state index in [4.69, 9.17) is 4.74 Å². The van der Waals surface area contributed by atoms with Gasteiger partial charge in [-0.2, -0.15) is 0 Å². The third-order valence-electron chi connectivity index (χ3n) is 3.37. The van der Waals surface area contributed by atoms with Crippen molar-refractivity contribution in [3.63, 3.8) is 0 Å². The standard InChI is InChI=1S/C15H17NO/c1-2-4-14-9-15(6-5-13(14)3-1)17-11-12-7-8-16-10-12/h1-6,9,12,16H,7-8,10-11H2/t12-/m1/s1. The van der Waals surface area contributed by atoms with Crippen LogP contribution in [0.1, 0.15) is 6.42 Å². The smallest absolute Gasteiger partial charge is 0.119 e. The molecule has 1 N–H and O–H groups in total. The molecule has 0 unspecified atom stereocenters. The Morgan fingerprint density at radius 2 is 2.00 bits per heavy atom. The molecule has 1 saturated heterocycles. The molecule has 2 aromatic carbocycles. The van der Waals surface area contributed by atoms with E-state index in [9.17, 15) is 0 Å². The second kappa shape index (κ2) is 4.76. The molecular formula is C15H17NO. The highest BCUT2D eigenvalue weighted by atomic mass is 16.5. The first-order chi connectivity index (χ1) is 8.42. The number of rotatable bonds is 3. The third kappa shape index (κ3) is 2.42. The van der Waals surface area contributed by atoms with Crippen molar-refractivity contribution in [2.45, 2.75) is 6.42 Å². The molecule has 0 radical (unpaired) electrons. The number of fused-ring (bicyclic) bond motifs is 1. The molecule has 2 heteroatoms. The first-order valence-electron chi connectivity index (χ1n) is 6.24. The Balaban J connectivity index is 1.72. The molecule has 3 rings (SSSR count). The van der Waals surface area contributed by atoms with Gasteiger partial charge in [0.25, 0.3) is 0 Å². The van der Waals surface area contributed by atoms with E-state index in [0.717, 1.165) is 25.4 Å². The highest BCUT2D eigenvalue weighted by Gasteiger charge is 2.14. The topological polar surface area (TPSA) is 21.3 Å². The Morgan fingerprint density at radius 1 is 1.12 bits per heavy atom. The highest BCUT2D eigenvalue weighted by Crippen LogP contribution is 2.21. The summed E-state index contributed by atoms with van der Waals surface area (Å²) in [6, 6.07) is 14.7. The van der Waals surface area contributed by atoms with Gasteiger partial charge >= 0.3 is 0 Å². The molecule has 0 saturated carbocycles. The molecule has 0 amide bonds. The Hall–Kier alpha value is -1.54. The van der Waals surface area contributed by atoms with Gasteiger partial charge in [0.1, 0.15) is 5.75 Å². The van der Waals surface area contributed by atoms with E-state index in [1.807, 2.05) is 0 Å². The van der Waals surface area contributed by atoms with Crippen molar-refractivity contribution in [1.82, 2.24) is 5.32 Å². The second-order valence-corrected chi connectivity index (χ2v) is 4.68. The van der Waals surface area contributed by atoms with Crippen LogP contribution in [0.25, 0.3) is 10.8 Å². The predicted octanol–water partition coefficient (Wildman–Crippen LogP) is 2.83. The summed E-state index contributed by atoms with van der Waals surface area (Å²) in [4.78, 5) is 0. The zero-order valence-corrected chi connectivity index (χ0v) is 9.86. The fourth-order valence-corrected chi connectivity index (χ4v) is 2.33. The molecule has 2 aromatic rings. The van der Waals surface area contributed by atoms with Gasteiger partial charge in [0, 0.05) is 12.5 Å². The van der Waals surface area contributed by atoms with E-state index in [0.29, 0.717) is 5.92 Å². The van der Waals surface area contributed by atoms with Crippen LogP contribution in [-0.4, -0.2) is 19.7 Å². The lowest BCUT2D eigenvalue weighted by atomic mass is 10.1. The molecule has 17 heavy (non-hydrogen) atoms. The van der Waals surface area contributed by atoms with Crippen LogP contribution in [0.2, 0.25) is 0 Å². The number of nitrogens with one attached hydrogen (secondary N) is 1. The molecule has 1 atom stereocenters. The molecule has 0 bridgehead atoms. The first kappa shape index (κ1) is 10.6. The van der Waals surface area contributed by atoms with Gasteiger partial charge < -0.3 is 10.1 Å². The molecule has 1 aliphatic rings. The van der Waals surface area contributed by atoms with Crippen molar-refractivity contribution < 1.29 is 4.74 Å². The van der Waals surface area contributed by atoms with Gasteiger partial charge in [-0.15, -0.1) is 0 Å². The zero-order valence-electron chi connectivity index (χ0n) is 9.86. The van der Waals surface area contributed by atoms with E-state index in [-0.39, 0.29) is 0 Å². The van der Waals surface area contributed by atoms with Gasteiger partial charge in [-0.1, -0.05) is 30.3 Å². The summed E-state index contributed by atoms with van der Waals surface area (Å²) in [5, 5.41) is 5.87. The fourth-order valence-electron chi connectivity index (χ4n) is 2.33. The maximum atomic E-state index is 5.86. The van der Waals surface area contributed by atoms with Gasteiger partial charge in [-0.25, -0.2) is 0 Å². The van der Waals surface area contributed by atoms with Crippen molar-refractivity contribution >= 4 is 10.8 Å². The van der Waals surface area contributed by atoms with Gasteiger partial charge in [-0.05, 0) is 35.9 Å². The lowest BCUT2D eigenvalue weighted by molar-refractivity contribution is 0.260. The SMILES string of the molecule is c1ccc2cc(OC[C@@H]3CCNC3)ccc2c1. The number of ether oxygens (including phenoxy) is 1. The maximum absolute atomic E-state index is 5.86. The van der Waals surface area contributed by atoms with Gasteiger partial charge in [0.05, 0.1) is 6.61 Å².